The molecule has 0 spiro atoms. The van der Waals surface area contributed by atoms with E-state index in [1.807, 2.05) is 67.1 Å². The molecule has 1 fully saturated rings. The highest BCUT2D eigenvalue weighted by atomic mass is 16.3. The van der Waals surface area contributed by atoms with Gasteiger partial charge in [0.15, 0.2) is 5.54 Å². The van der Waals surface area contributed by atoms with Gasteiger partial charge in [-0.1, -0.05) is 48.5 Å². The zero-order chi connectivity index (χ0) is 25.4. The minimum Gasteiger partial charge on any atom is -0.458 e. The molecule has 4 aromatic rings. The number of imide groups is 1. The van der Waals surface area contributed by atoms with Gasteiger partial charge < -0.3 is 15.1 Å². The SMILES string of the molecule is Cc1nn(Cc2ccccc2)c(C)c1CNC(=O)CN1C(=O)NC(C)(c2cc3ccccc3o2)C1=O. The number of aromatic nitrogens is 2. The van der Waals surface area contributed by atoms with Crippen molar-refractivity contribution in [3.63, 3.8) is 0 Å². The van der Waals surface area contributed by atoms with Gasteiger partial charge in [0.2, 0.25) is 5.91 Å². The lowest BCUT2D eigenvalue weighted by atomic mass is 9.99. The summed E-state index contributed by atoms with van der Waals surface area (Å²) < 4.78 is 7.74. The number of hydrogen-bond acceptors (Lipinski definition) is 5. The number of urea groups is 1. The lowest BCUT2D eigenvalue weighted by Crippen LogP contribution is -2.43. The van der Waals surface area contributed by atoms with E-state index in [0.717, 1.165) is 32.8 Å². The number of fused-ring (bicyclic) bond motifs is 1. The zero-order valence-corrected chi connectivity index (χ0v) is 20.4. The van der Waals surface area contributed by atoms with Gasteiger partial charge in [0.05, 0.1) is 12.2 Å². The fourth-order valence-electron chi connectivity index (χ4n) is 4.52. The standard InChI is InChI=1S/C27H27N5O4/c1-17-21(18(2)32(30-17)15-19-9-5-4-6-10-19)14-28-24(33)16-31-25(34)27(3,29-26(31)35)23-13-20-11-7-8-12-22(20)36-23/h4-13H,14-16H2,1-3H3,(H,28,33)(H,29,35). The number of amides is 4. The molecule has 36 heavy (non-hydrogen) atoms. The lowest BCUT2D eigenvalue weighted by Gasteiger charge is -2.19. The van der Waals surface area contributed by atoms with Gasteiger partial charge in [-0.3, -0.25) is 19.2 Å². The quantitative estimate of drug-likeness (QED) is 0.390. The Labute approximate surface area is 208 Å². The maximum atomic E-state index is 13.2. The van der Waals surface area contributed by atoms with E-state index in [4.69, 9.17) is 4.42 Å². The number of rotatable bonds is 7. The third-order valence-corrected chi connectivity index (χ3v) is 6.66. The first-order valence-corrected chi connectivity index (χ1v) is 11.7. The summed E-state index contributed by atoms with van der Waals surface area (Å²) in [5.41, 5.74) is 3.03. The van der Waals surface area contributed by atoms with Gasteiger partial charge >= 0.3 is 6.03 Å². The van der Waals surface area contributed by atoms with Crippen molar-refractivity contribution in [3.8, 4) is 0 Å². The van der Waals surface area contributed by atoms with Crippen molar-refractivity contribution in [3.05, 3.63) is 88.9 Å². The van der Waals surface area contributed by atoms with Gasteiger partial charge in [-0.05, 0) is 38.5 Å². The molecule has 0 saturated carbocycles. The normalized spacial score (nSPS) is 17.6. The summed E-state index contributed by atoms with van der Waals surface area (Å²) in [5.74, 6) is -0.659. The number of carbonyl (C=O) groups excluding carboxylic acids is 3. The van der Waals surface area contributed by atoms with Crippen molar-refractivity contribution in [1.29, 1.82) is 0 Å². The molecule has 2 aromatic carbocycles. The maximum absolute atomic E-state index is 13.2. The number of benzene rings is 2. The van der Waals surface area contributed by atoms with Gasteiger partial charge in [-0.2, -0.15) is 5.10 Å². The Morgan fingerprint density at radius 3 is 2.56 bits per heavy atom. The van der Waals surface area contributed by atoms with Crippen molar-refractivity contribution in [2.75, 3.05) is 6.54 Å². The minimum absolute atomic E-state index is 0.246. The molecule has 1 saturated heterocycles. The van der Waals surface area contributed by atoms with E-state index < -0.39 is 29.9 Å². The monoisotopic (exact) mass is 485 g/mol. The number of para-hydroxylation sites is 1. The molecule has 1 unspecified atom stereocenters. The van der Waals surface area contributed by atoms with Gasteiger partial charge in [-0.15, -0.1) is 0 Å². The topological polar surface area (TPSA) is 109 Å². The molecule has 9 heteroatoms. The third-order valence-electron chi connectivity index (χ3n) is 6.66. The smallest absolute Gasteiger partial charge is 0.325 e. The molecule has 3 heterocycles. The molecule has 2 aromatic heterocycles. The van der Waals surface area contributed by atoms with Crippen LogP contribution in [0.3, 0.4) is 0 Å². The van der Waals surface area contributed by atoms with Crippen LogP contribution in [0.25, 0.3) is 11.0 Å². The molecule has 2 N–H and O–H groups in total. The zero-order valence-electron chi connectivity index (χ0n) is 20.4. The fraction of sp³-hybridized carbons (Fsp3) is 0.259. The maximum Gasteiger partial charge on any atom is 0.325 e. The number of carbonyl (C=O) groups is 3. The first-order chi connectivity index (χ1) is 17.3. The fourth-order valence-corrected chi connectivity index (χ4v) is 4.52. The summed E-state index contributed by atoms with van der Waals surface area (Å²) in [6.07, 6.45) is 0. The highest BCUT2D eigenvalue weighted by molar-refractivity contribution is 6.09. The Hall–Kier alpha value is -4.40. The van der Waals surface area contributed by atoms with Crippen LogP contribution in [0.15, 0.2) is 65.1 Å². The van der Waals surface area contributed by atoms with E-state index in [1.54, 1.807) is 19.1 Å². The molecule has 0 bridgehead atoms. The Balaban J connectivity index is 1.25. The molecule has 1 aliphatic heterocycles. The van der Waals surface area contributed by atoms with Crippen LogP contribution >= 0.6 is 0 Å². The summed E-state index contributed by atoms with van der Waals surface area (Å²) in [4.78, 5) is 39.5. The number of hydrogen-bond donors (Lipinski definition) is 2. The number of furan rings is 1. The highest BCUT2D eigenvalue weighted by Crippen LogP contribution is 2.32. The van der Waals surface area contributed by atoms with Crippen molar-refractivity contribution in [1.82, 2.24) is 25.3 Å². The van der Waals surface area contributed by atoms with E-state index >= 15 is 0 Å². The van der Waals surface area contributed by atoms with Crippen molar-refractivity contribution >= 4 is 28.8 Å². The van der Waals surface area contributed by atoms with Crippen molar-refractivity contribution in [2.24, 2.45) is 0 Å². The second-order valence-electron chi connectivity index (χ2n) is 9.16. The predicted molar refractivity (Wildman–Crippen MR) is 133 cm³/mol. The molecular weight excluding hydrogens is 458 g/mol. The van der Waals surface area contributed by atoms with Crippen LogP contribution < -0.4 is 10.6 Å². The van der Waals surface area contributed by atoms with Crippen LogP contribution in [0.5, 0.6) is 0 Å². The number of aryl methyl sites for hydroxylation is 1. The highest BCUT2D eigenvalue weighted by Gasteiger charge is 2.51. The molecule has 0 aliphatic carbocycles. The Morgan fingerprint density at radius 1 is 1.08 bits per heavy atom. The van der Waals surface area contributed by atoms with Gasteiger partial charge in [0.1, 0.15) is 17.9 Å². The summed E-state index contributed by atoms with van der Waals surface area (Å²) in [5, 5.41) is 10.9. The Morgan fingerprint density at radius 2 is 1.81 bits per heavy atom. The van der Waals surface area contributed by atoms with Crippen molar-refractivity contribution < 1.29 is 18.8 Å². The second kappa shape index (κ2) is 8.99. The van der Waals surface area contributed by atoms with Crippen molar-refractivity contribution in [2.45, 2.75) is 39.4 Å². The third kappa shape index (κ3) is 4.13. The van der Waals surface area contributed by atoms with E-state index in [9.17, 15) is 14.4 Å². The molecule has 9 nitrogen and oxygen atoms in total. The van der Waals surface area contributed by atoms with Crippen LogP contribution in [-0.4, -0.2) is 39.1 Å². The first kappa shape index (κ1) is 23.3. The van der Waals surface area contributed by atoms with E-state index in [2.05, 4.69) is 15.7 Å². The Kier molecular flexibility index (Phi) is 5.83. The van der Waals surface area contributed by atoms with E-state index in [-0.39, 0.29) is 6.54 Å². The Bertz CT molecular complexity index is 1440. The largest absolute Gasteiger partial charge is 0.458 e. The molecule has 4 amide bonds. The number of nitrogens with zero attached hydrogens (tertiary/aromatic N) is 3. The van der Waals surface area contributed by atoms with Gasteiger partial charge in [0.25, 0.3) is 5.91 Å². The molecule has 1 atom stereocenters. The molecular formula is C27H27N5O4. The second-order valence-corrected chi connectivity index (χ2v) is 9.16. The average Bonchev–Trinajstić information content (AvgIpc) is 3.48. The first-order valence-electron chi connectivity index (χ1n) is 11.7. The van der Waals surface area contributed by atoms with Crippen LogP contribution in [-0.2, 0) is 28.2 Å². The van der Waals surface area contributed by atoms with Crippen LogP contribution in [0.2, 0.25) is 0 Å². The van der Waals surface area contributed by atoms with Crippen LogP contribution in [0.1, 0.15) is 35.2 Å². The van der Waals surface area contributed by atoms with Gasteiger partial charge in [0, 0.05) is 23.2 Å². The molecule has 5 rings (SSSR count). The van der Waals surface area contributed by atoms with E-state index in [1.165, 1.54) is 0 Å². The lowest BCUT2D eigenvalue weighted by molar-refractivity contribution is -0.135. The summed E-state index contributed by atoms with van der Waals surface area (Å²) in [7, 11) is 0. The average molecular weight is 486 g/mol. The number of nitrogens with one attached hydrogen (secondary N) is 2. The summed E-state index contributed by atoms with van der Waals surface area (Å²) >= 11 is 0. The van der Waals surface area contributed by atoms with Crippen LogP contribution in [0, 0.1) is 13.8 Å². The molecule has 1 aliphatic rings. The van der Waals surface area contributed by atoms with E-state index in [0.29, 0.717) is 17.9 Å². The molecule has 184 valence electrons. The summed E-state index contributed by atoms with van der Waals surface area (Å²) in [6.45, 7) is 5.92. The van der Waals surface area contributed by atoms with Gasteiger partial charge in [-0.25, -0.2) is 4.79 Å². The molecule has 0 radical (unpaired) electrons. The van der Waals surface area contributed by atoms with Crippen LogP contribution in [0.4, 0.5) is 4.79 Å². The predicted octanol–water partition coefficient (Wildman–Crippen LogP) is 3.38. The minimum atomic E-state index is -1.39. The summed E-state index contributed by atoms with van der Waals surface area (Å²) in [6, 6.07) is 18.5.